The molecule has 166 valence electrons. The smallest absolute Gasteiger partial charge is 0.339 e. The standard InChI is InChI=1S/C24H30N2O5/c1-2-3-4-5-6-7-8-9-22(28)25-18-12-10-17(11-13-18)23(29)26-19-14-15-21(27)20(16-19)24(30)31/h10-16,27H,2-9H2,1H3,(H,25,28)(H,26,29)(H,30,31). The Morgan fingerprint density at radius 1 is 0.806 bits per heavy atom. The van der Waals surface area contributed by atoms with Gasteiger partial charge in [0.15, 0.2) is 0 Å². The molecule has 4 N–H and O–H groups in total. The van der Waals surface area contributed by atoms with E-state index in [1.807, 2.05) is 0 Å². The fourth-order valence-corrected chi connectivity index (χ4v) is 3.16. The Morgan fingerprint density at radius 3 is 2.06 bits per heavy atom. The Bertz CT molecular complexity index is 893. The van der Waals surface area contributed by atoms with E-state index in [-0.39, 0.29) is 22.9 Å². The lowest BCUT2D eigenvalue weighted by molar-refractivity contribution is -0.116. The van der Waals surface area contributed by atoms with Gasteiger partial charge in [-0.1, -0.05) is 45.4 Å². The fraction of sp³-hybridized carbons (Fsp3) is 0.375. The molecule has 2 aromatic rings. The Morgan fingerprint density at radius 2 is 1.42 bits per heavy atom. The second kappa shape index (κ2) is 12.4. The first kappa shape index (κ1) is 23.9. The third kappa shape index (κ3) is 8.12. The minimum Gasteiger partial charge on any atom is -0.507 e. The molecule has 31 heavy (non-hydrogen) atoms. The summed E-state index contributed by atoms with van der Waals surface area (Å²) in [7, 11) is 0. The van der Waals surface area contributed by atoms with Crippen LogP contribution < -0.4 is 10.6 Å². The van der Waals surface area contributed by atoms with Crippen molar-refractivity contribution in [3.8, 4) is 5.75 Å². The summed E-state index contributed by atoms with van der Waals surface area (Å²) in [4.78, 5) is 35.5. The van der Waals surface area contributed by atoms with Crippen LogP contribution in [0.4, 0.5) is 11.4 Å². The number of anilines is 2. The van der Waals surface area contributed by atoms with Crippen molar-refractivity contribution < 1.29 is 24.6 Å². The molecule has 0 saturated heterocycles. The molecular formula is C24H30N2O5. The summed E-state index contributed by atoms with van der Waals surface area (Å²) in [6, 6.07) is 10.3. The van der Waals surface area contributed by atoms with Gasteiger partial charge in [-0.3, -0.25) is 9.59 Å². The van der Waals surface area contributed by atoms with Gasteiger partial charge in [-0.05, 0) is 48.9 Å². The van der Waals surface area contributed by atoms with Gasteiger partial charge in [0.1, 0.15) is 11.3 Å². The molecule has 0 atom stereocenters. The summed E-state index contributed by atoms with van der Waals surface area (Å²) < 4.78 is 0. The molecule has 0 aliphatic rings. The zero-order valence-electron chi connectivity index (χ0n) is 17.8. The van der Waals surface area contributed by atoms with Crippen molar-refractivity contribution in [2.45, 2.75) is 58.3 Å². The molecular weight excluding hydrogens is 396 g/mol. The molecule has 2 aromatic carbocycles. The molecule has 2 rings (SSSR count). The largest absolute Gasteiger partial charge is 0.507 e. The summed E-state index contributed by atoms with van der Waals surface area (Å²) in [6.07, 6.45) is 8.53. The van der Waals surface area contributed by atoms with Crippen molar-refractivity contribution in [3.05, 3.63) is 53.6 Å². The van der Waals surface area contributed by atoms with E-state index in [1.54, 1.807) is 24.3 Å². The highest BCUT2D eigenvalue weighted by atomic mass is 16.4. The van der Waals surface area contributed by atoms with Gasteiger partial charge in [0.25, 0.3) is 5.91 Å². The van der Waals surface area contributed by atoms with Crippen LogP contribution in [0.15, 0.2) is 42.5 Å². The van der Waals surface area contributed by atoms with Crippen LogP contribution in [0.1, 0.15) is 79.0 Å². The highest BCUT2D eigenvalue weighted by Gasteiger charge is 2.12. The number of phenols is 1. The van der Waals surface area contributed by atoms with E-state index >= 15 is 0 Å². The van der Waals surface area contributed by atoms with Crippen LogP contribution >= 0.6 is 0 Å². The minimum absolute atomic E-state index is 0.0453. The van der Waals surface area contributed by atoms with Crippen LogP contribution in [0.5, 0.6) is 5.75 Å². The summed E-state index contributed by atoms with van der Waals surface area (Å²) in [5, 5.41) is 24.0. The van der Waals surface area contributed by atoms with Crippen molar-refractivity contribution in [2.24, 2.45) is 0 Å². The number of carbonyl (C=O) groups is 3. The maximum atomic E-state index is 12.4. The number of amides is 2. The van der Waals surface area contributed by atoms with Gasteiger partial charge in [0.2, 0.25) is 5.91 Å². The number of hydrogen-bond donors (Lipinski definition) is 4. The minimum atomic E-state index is -1.29. The number of carbonyl (C=O) groups excluding carboxylic acids is 2. The molecule has 0 fully saturated rings. The highest BCUT2D eigenvalue weighted by molar-refractivity contribution is 6.05. The molecule has 2 amide bonds. The Hall–Kier alpha value is -3.35. The average molecular weight is 427 g/mol. The molecule has 0 heterocycles. The summed E-state index contributed by atoms with van der Waals surface area (Å²) >= 11 is 0. The number of benzene rings is 2. The quantitative estimate of drug-likeness (QED) is 0.267. The topological polar surface area (TPSA) is 116 Å². The van der Waals surface area contributed by atoms with Crippen LogP contribution in [0, 0.1) is 0 Å². The Labute approximate surface area is 182 Å². The lowest BCUT2D eigenvalue weighted by atomic mass is 10.1. The molecule has 0 radical (unpaired) electrons. The second-order valence-electron chi connectivity index (χ2n) is 7.49. The molecule has 0 unspecified atom stereocenters. The van der Waals surface area contributed by atoms with Crippen LogP contribution in [-0.4, -0.2) is 28.0 Å². The number of nitrogens with one attached hydrogen (secondary N) is 2. The van der Waals surface area contributed by atoms with Crippen molar-refractivity contribution in [1.29, 1.82) is 0 Å². The van der Waals surface area contributed by atoms with Gasteiger partial charge in [0, 0.05) is 23.4 Å². The van der Waals surface area contributed by atoms with Gasteiger partial charge in [-0.2, -0.15) is 0 Å². The lowest BCUT2D eigenvalue weighted by Gasteiger charge is -2.09. The molecule has 0 aromatic heterocycles. The van der Waals surface area contributed by atoms with Crippen LogP contribution in [-0.2, 0) is 4.79 Å². The number of carboxylic acids is 1. The predicted octanol–water partition coefficient (Wildman–Crippen LogP) is 5.42. The maximum Gasteiger partial charge on any atom is 0.339 e. The maximum absolute atomic E-state index is 12.4. The van der Waals surface area contributed by atoms with Crippen molar-refractivity contribution in [3.63, 3.8) is 0 Å². The summed E-state index contributed by atoms with van der Waals surface area (Å²) in [5.74, 6) is -2.13. The number of hydrogen-bond acceptors (Lipinski definition) is 4. The highest BCUT2D eigenvalue weighted by Crippen LogP contribution is 2.22. The zero-order chi connectivity index (χ0) is 22.6. The molecule has 0 aliphatic carbocycles. The zero-order valence-corrected chi connectivity index (χ0v) is 17.8. The molecule has 7 nitrogen and oxygen atoms in total. The SMILES string of the molecule is CCCCCCCCCC(=O)Nc1ccc(C(=O)Nc2ccc(O)c(C(=O)O)c2)cc1. The van der Waals surface area contributed by atoms with E-state index in [4.69, 9.17) is 5.11 Å². The van der Waals surface area contributed by atoms with E-state index in [1.165, 1.54) is 43.9 Å². The van der Waals surface area contributed by atoms with E-state index < -0.39 is 11.9 Å². The second-order valence-corrected chi connectivity index (χ2v) is 7.49. The molecule has 0 bridgehead atoms. The first-order valence-electron chi connectivity index (χ1n) is 10.7. The number of rotatable bonds is 12. The van der Waals surface area contributed by atoms with Gasteiger partial charge < -0.3 is 20.8 Å². The number of aromatic carboxylic acids is 1. The summed E-state index contributed by atoms with van der Waals surface area (Å²) in [6.45, 7) is 2.19. The Kier molecular flexibility index (Phi) is 9.55. The van der Waals surface area contributed by atoms with Crippen molar-refractivity contribution >= 4 is 29.2 Å². The third-order valence-electron chi connectivity index (χ3n) is 4.92. The van der Waals surface area contributed by atoms with Crippen LogP contribution in [0.2, 0.25) is 0 Å². The lowest BCUT2D eigenvalue weighted by Crippen LogP contribution is -2.13. The number of aromatic hydroxyl groups is 1. The Balaban J connectivity index is 1.80. The molecule has 7 heteroatoms. The number of carboxylic acid groups (broad SMARTS) is 1. The fourth-order valence-electron chi connectivity index (χ4n) is 3.16. The van der Waals surface area contributed by atoms with E-state index in [9.17, 15) is 19.5 Å². The van der Waals surface area contributed by atoms with Gasteiger partial charge in [-0.25, -0.2) is 4.79 Å². The van der Waals surface area contributed by atoms with Crippen molar-refractivity contribution in [1.82, 2.24) is 0 Å². The molecule has 0 saturated carbocycles. The first-order chi connectivity index (χ1) is 14.9. The van der Waals surface area contributed by atoms with Gasteiger partial charge >= 0.3 is 5.97 Å². The van der Waals surface area contributed by atoms with Gasteiger partial charge in [0.05, 0.1) is 0 Å². The number of unbranched alkanes of at least 4 members (excludes halogenated alkanes) is 6. The average Bonchev–Trinajstić information content (AvgIpc) is 2.74. The van der Waals surface area contributed by atoms with Crippen molar-refractivity contribution in [2.75, 3.05) is 10.6 Å². The van der Waals surface area contributed by atoms with E-state index in [2.05, 4.69) is 17.6 Å². The van der Waals surface area contributed by atoms with E-state index in [0.29, 0.717) is 17.7 Å². The monoisotopic (exact) mass is 426 g/mol. The first-order valence-corrected chi connectivity index (χ1v) is 10.7. The van der Waals surface area contributed by atoms with E-state index in [0.717, 1.165) is 19.3 Å². The third-order valence-corrected chi connectivity index (χ3v) is 4.92. The molecule has 0 spiro atoms. The predicted molar refractivity (Wildman–Crippen MR) is 121 cm³/mol. The summed E-state index contributed by atoms with van der Waals surface area (Å²) in [5.41, 5.74) is 0.932. The van der Waals surface area contributed by atoms with Gasteiger partial charge in [-0.15, -0.1) is 0 Å². The van der Waals surface area contributed by atoms with Crippen LogP contribution in [0.25, 0.3) is 0 Å². The normalized spacial score (nSPS) is 10.5. The molecule has 0 aliphatic heterocycles. The van der Waals surface area contributed by atoms with Crippen LogP contribution in [0.3, 0.4) is 0 Å².